The molecule has 0 unspecified atom stereocenters. The molecule has 18 heavy (non-hydrogen) atoms. The molecule has 0 spiro atoms. The summed E-state index contributed by atoms with van der Waals surface area (Å²) in [6, 6.07) is 3.52. The van der Waals surface area contributed by atoms with Crippen LogP contribution in [0.15, 0.2) is 40.6 Å². The first kappa shape index (κ1) is 12.2. The second-order valence-electron chi connectivity index (χ2n) is 3.18. The molecule has 2 aromatic heterocycles. The van der Waals surface area contributed by atoms with Crippen molar-refractivity contribution in [2.24, 2.45) is 0 Å². The Morgan fingerprint density at radius 2 is 2.11 bits per heavy atom. The Morgan fingerprint density at radius 1 is 1.39 bits per heavy atom. The Bertz CT molecular complexity index is 563. The number of hydrogen-bond acceptors (Lipinski definition) is 7. The third-order valence-corrected chi connectivity index (χ3v) is 3.02. The Hall–Kier alpha value is -2.22. The van der Waals surface area contributed by atoms with Gasteiger partial charge in [0, 0.05) is 24.3 Å². The molecule has 0 aliphatic heterocycles. The highest BCUT2D eigenvalue weighted by molar-refractivity contribution is 7.99. The van der Waals surface area contributed by atoms with E-state index >= 15 is 0 Å². The predicted octanol–water partition coefficient (Wildman–Crippen LogP) is 1.97. The molecule has 0 saturated heterocycles. The van der Waals surface area contributed by atoms with E-state index in [0.717, 1.165) is 4.90 Å². The van der Waals surface area contributed by atoms with E-state index < -0.39 is 4.92 Å². The van der Waals surface area contributed by atoms with Crippen LogP contribution >= 0.6 is 11.8 Å². The number of nitrogens with zero attached hydrogens (tertiary/aromatic N) is 4. The van der Waals surface area contributed by atoms with Crippen LogP contribution in [0.4, 0.5) is 11.6 Å². The maximum Gasteiger partial charge on any atom is 0.320 e. The van der Waals surface area contributed by atoms with Crippen LogP contribution < -0.4 is 5.32 Å². The lowest BCUT2D eigenvalue weighted by molar-refractivity contribution is -0.388. The summed E-state index contributed by atoms with van der Waals surface area (Å²) in [5.41, 5.74) is -0.115. The Labute approximate surface area is 107 Å². The smallest absolute Gasteiger partial charge is 0.320 e. The van der Waals surface area contributed by atoms with Crippen molar-refractivity contribution in [3.8, 4) is 0 Å². The molecule has 0 radical (unpaired) electrons. The first-order chi connectivity index (χ1) is 8.70. The maximum absolute atomic E-state index is 10.9. The zero-order valence-corrected chi connectivity index (χ0v) is 10.2. The number of pyridine rings is 1. The van der Waals surface area contributed by atoms with Gasteiger partial charge in [-0.2, -0.15) is 4.98 Å². The van der Waals surface area contributed by atoms with Crippen molar-refractivity contribution in [1.29, 1.82) is 0 Å². The van der Waals surface area contributed by atoms with Gasteiger partial charge in [-0.15, -0.1) is 0 Å². The van der Waals surface area contributed by atoms with Crippen molar-refractivity contribution in [2.45, 2.75) is 9.92 Å². The van der Waals surface area contributed by atoms with Crippen molar-refractivity contribution in [2.75, 3.05) is 12.4 Å². The molecule has 0 saturated carbocycles. The average Bonchev–Trinajstić information content (AvgIpc) is 2.39. The summed E-state index contributed by atoms with van der Waals surface area (Å²) < 4.78 is 0. The van der Waals surface area contributed by atoms with Crippen LogP contribution in [0.1, 0.15) is 0 Å². The number of aromatic nitrogens is 3. The molecule has 8 heteroatoms. The monoisotopic (exact) mass is 263 g/mol. The van der Waals surface area contributed by atoms with E-state index in [1.807, 2.05) is 0 Å². The van der Waals surface area contributed by atoms with Gasteiger partial charge in [0.15, 0.2) is 5.03 Å². The van der Waals surface area contributed by atoms with Crippen LogP contribution in [-0.4, -0.2) is 26.9 Å². The molecule has 0 aromatic carbocycles. The van der Waals surface area contributed by atoms with E-state index in [2.05, 4.69) is 20.3 Å². The maximum atomic E-state index is 10.9. The van der Waals surface area contributed by atoms with Gasteiger partial charge >= 0.3 is 5.69 Å². The zero-order chi connectivity index (χ0) is 13.0. The number of nitro groups is 1. The van der Waals surface area contributed by atoms with Gasteiger partial charge in [-0.1, -0.05) is 11.8 Å². The van der Waals surface area contributed by atoms with Crippen molar-refractivity contribution in [1.82, 2.24) is 15.0 Å². The minimum atomic E-state index is -0.497. The van der Waals surface area contributed by atoms with E-state index in [1.54, 1.807) is 31.6 Å². The fourth-order valence-corrected chi connectivity index (χ4v) is 2.04. The van der Waals surface area contributed by atoms with Gasteiger partial charge in [0.2, 0.25) is 5.95 Å². The number of hydrogen-bond donors (Lipinski definition) is 1. The lowest BCUT2D eigenvalue weighted by Gasteiger charge is -2.03. The van der Waals surface area contributed by atoms with E-state index in [0.29, 0.717) is 11.0 Å². The Kier molecular flexibility index (Phi) is 3.68. The zero-order valence-electron chi connectivity index (χ0n) is 9.40. The summed E-state index contributed by atoms with van der Waals surface area (Å²) in [5.74, 6) is 0.345. The molecule has 0 bridgehead atoms. The standard InChI is InChI=1S/C10H9N5O2S/c1-11-10-13-6-8(15(16)17)9(14-10)18-7-2-4-12-5-3-7/h2-6H,1H3,(H,11,13,14). The lowest BCUT2D eigenvalue weighted by atomic mass is 10.5. The molecule has 2 heterocycles. The molecule has 0 amide bonds. The van der Waals surface area contributed by atoms with Crippen LogP contribution in [0, 0.1) is 10.1 Å². The molecule has 7 nitrogen and oxygen atoms in total. The molecule has 0 aliphatic carbocycles. The number of rotatable bonds is 4. The molecule has 0 atom stereocenters. The summed E-state index contributed by atoms with van der Waals surface area (Å²) >= 11 is 1.20. The molecule has 2 aromatic rings. The molecule has 1 N–H and O–H groups in total. The van der Waals surface area contributed by atoms with Gasteiger partial charge in [-0.3, -0.25) is 15.1 Å². The summed E-state index contributed by atoms with van der Waals surface area (Å²) in [5, 5.41) is 13.9. The fourth-order valence-electron chi connectivity index (χ4n) is 1.20. The summed E-state index contributed by atoms with van der Waals surface area (Å²) in [7, 11) is 1.65. The van der Waals surface area contributed by atoms with Crippen molar-refractivity contribution < 1.29 is 4.92 Å². The van der Waals surface area contributed by atoms with Gasteiger partial charge in [0.25, 0.3) is 0 Å². The van der Waals surface area contributed by atoms with E-state index in [1.165, 1.54) is 18.0 Å². The van der Waals surface area contributed by atoms with Gasteiger partial charge in [0.1, 0.15) is 6.20 Å². The summed E-state index contributed by atoms with van der Waals surface area (Å²) in [6.07, 6.45) is 4.44. The van der Waals surface area contributed by atoms with Crippen molar-refractivity contribution >= 4 is 23.4 Å². The van der Waals surface area contributed by atoms with E-state index in [4.69, 9.17) is 0 Å². The highest BCUT2D eigenvalue weighted by Gasteiger charge is 2.18. The second kappa shape index (κ2) is 5.41. The number of anilines is 1. The molecule has 2 rings (SSSR count). The molecule has 0 fully saturated rings. The summed E-state index contributed by atoms with van der Waals surface area (Å²) in [6.45, 7) is 0. The van der Waals surface area contributed by atoms with Crippen molar-refractivity contribution in [3.05, 3.63) is 40.8 Å². The molecule has 92 valence electrons. The van der Waals surface area contributed by atoms with Gasteiger partial charge in [-0.25, -0.2) is 4.98 Å². The van der Waals surface area contributed by atoms with Crippen molar-refractivity contribution in [3.63, 3.8) is 0 Å². The predicted molar refractivity (Wildman–Crippen MR) is 66.6 cm³/mol. The average molecular weight is 263 g/mol. The third kappa shape index (κ3) is 2.72. The van der Waals surface area contributed by atoms with Gasteiger partial charge < -0.3 is 5.32 Å². The lowest BCUT2D eigenvalue weighted by Crippen LogP contribution is -2.00. The van der Waals surface area contributed by atoms with Gasteiger partial charge in [-0.05, 0) is 12.1 Å². The molecule has 0 aliphatic rings. The van der Waals surface area contributed by atoms with Crippen LogP contribution in [0.5, 0.6) is 0 Å². The number of nitrogens with one attached hydrogen (secondary N) is 1. The first-order valence-corrected chi connectivity index (χ1v) is 5.79. The Morgan fingerprint density at radius 3 is 2.72 bits per heavy atom. The highest BCUT2D eigenvalue weighted by atomic mass is 32.2. The third-order valence-electron chi connectivity index (χ3n) is 2.02. The first-order valence-electron chi connectivity index (χ1n) is 4.98. The van der Waals surface area contributed by atoms with Crippen LogP contribution in [0.3, 0.4) is 0 Å². The minimum absolute atomic E-state index is 0.115. The molecular formula is C10H9N5O2S. The van der Waals surface area contributed by atoms with Crippen LogP contribution in [-0.2, 0) is 0 Å². The highest BCUT2D eigenvalue weighted by Crippen LogP contribution is 2.32. The minimum Gasteiger partial charge on any atom is -0.357 e. The SMILES string of the molecule is CNc1ncc([N+](=O)[O-])c(Sc2ccncc2)n1. The quantitative estimate of drug-likeness (QED) is 0.512. The summed E-state index contributed by atoms with van der Waals surface area (Å²) in [4.78, 5) is 23.0. The normalized spacial score (nSPS) is 10.1. The molecular weight excluding hydrogens is 254 g/mol. The fraction of sp³-hybridized carbons (Fsp3) is 0.100. The second-order valence-corrected chi connectivity index (χ2v) is 4.24. The van der Waals surface area contributed by atoms with E-state index in [-0.39, 0.29) is 5.69 Å². The van der Waals surface area contributed by atoms with Gasteiger partial charge in [0.05, 0.1) is 4.92 Å². The van der Waals surface area contributed by atoms with E-state index in [9.17, 15) is 10.1 Å². The van der Waals surface area contributed by atoms with Crippen LogP contribution in [0.25, 0.3) is 0 Å². The topological polar surface area (TPSA) is 93.8 Å². The van der Waals surface area contributed by atoms with Crippen LogP contribution in [0.2, 0.25) is 0 Å². The largest absolute Gasteiger partial charge is 0.357 e. The Balaban J connectivity index is 2.38.